The lowest BCUT2D eigenvalue weighted by atomic mass is 10.0. The largest absolute Gasteiger partial charge is 0.339 e. The van der Waals surface area contributed by atoms with Gasteiger partial charge in [-0.3, -0.25) is 4.79 Å². The van der Waals surface area contributed by atoms with Crippen LogP contribution in [0.15, 0.2) is 84.9 Å². The first-order valence-electron chi connectivity index (χ1n) is 9.91. The Morgan fingerprint density at radius 2 is 1.32 bits per heavy atom. The van der Waals surface area contributed by atoms with Gasteiger partial charge in [0, 0.05) is 24.4 Å². The zero-order valence-electron chi connectivity index (χ0n) is 16.0. The third kappa shape index (κ3) is 4.48. The van der Waals surface area contributed by atoms with E-state index in [4.69, 9.17) is 0 Å². The van der Waals surface area contributed by atoms with E-state index in [0.717, 1.165) is 37.2 Å². The van der Waals surface area contributed by atoms with Crippen molar-refractivity contribution in [3.63, 3.8) is 0 Å². The maximum Gasteiger partial charge on any atom is 0.253 e. The van der Waals surface area contributed by atoms with Crippen LogP contribution in [0.25, 0.3) is 0 Å². The molecule has 1 aliphatic rings. The Hall–Kier alpha value is -2.52. The summed E-state index contributed by atoms with van der Waals surface area (Å²) in [6.45, 7) is 1.79. The van der Waals surface area contributed by atoms with E-state index >= 15 is 0 Å². The highest BCUT2D eigenvalue weighted by molar-refractivity contribution is 7.98. The van der Waals surface area contributed by atoms with E-state index in [1.54, 1.807) is 0 Å². The van der Waals surface area contributed by atoms with Crippen molar-refractivity contribution in [2.45, 2.75) is 23.8 Å². The van der Waals surface area contributed by atoms with Crippen molar-refractivity contribution >= 4 is 17.7 Å². The molecule has 0 saturated carbocycles. The number of amides is 1. The Kier molecular flexibility index (Phi) is 6.13. The van der Waals surface area contributed by atoms with Gasteiger partial charge >= 0.3 is 0 Å². The summed E-state index contributed by atoms with van der Waals surface area (Å²) in [5, 5.41) is 0.299. The highest BCUT2D eigenvalue weighted by Crippen LogP contribution is 2.37. The minimum absolute atomic E-state index is 0.170. The zero-order chi connectivity index (χ0) is 19.2. The van der Waals surface area contributed by atoms with Crippen LogP contribution in [0.3, 0.4) is 0 Å². The number of hydrogen-bond acceptors (Lipinski definition) is 2. The summed E-state index contributed by atoms with van der Waals surface area (Å²) in [4.78, 5) is 14.5. The maximum atomic E-state index is 12.5. The van der Waals surface area contributed by atoms with Crippen LogP contribution in [0.1, 0.15) is 45.1 Å². The highest BCUT2D eigenvalue weighted by atomic mass is 32.2. The van der Waals surface area contributed by atoms with Crippen LogP contribution in [-0.2, 0) is 5.75 Å². The van der Waals surface area contributed by atoms with Crippen LogP contribution < -0.4 is 0 Å². The number of hydrogen-bond donors (Lipinski definition) is 0. The molecule has 0 unspecified atom stereocenters. The van der Waals surface area contributed by atoms with Gasteiger partial charge in [-0.05, 0) is 41.7 Å². The minimum Gasteiger partial charge on any atom is -0.339 e. The molecular formula is C25H25NOS. The van der Waals surface area contributed by atoms with E-state index in [-0.39, 0.29) is 5.91 Å². The third-order valence-corrected chi connectivity index (χ3v) is 6.59. The van der Waals surface area contributed by atoms with Crippen LogP contribution in [0.4, 0.5) is 0 Å². The molecule has 3 heteroatoms. The van der Waals surface area contributed by atoms with Gasteiger partial charge in [-0.25, -0.2) is 0 Å². The summed E-state index contributed by atoms with van der Waals surface area (Å²) in [5.74, 6) is 1.08. The molecule has 3 aromatic rings. The summed E-state index contributed by atoms with van der Waals surface area (Å²) in [7, 11) is 0. The van der Waals surface area contributed by atoms with E-state index in [2.05, 4.69) is 72.8 Å². The van der Waals surface area contributed by atoms with Crippen molar-refractivity contribution in [2.24, 2.45) is 0 Å². The summed E-state index contributed by atoms with van der Waals surface area (Å²) >= 11 is 1.93. The monoisotopic (exact) mass is 387 g/mol. The van der Waals surface area contributed by atoms with Crippen LogP contribution in [0.5, 0.6) is 0 Å². The van der Waals surface area contributed by atoms with Gasteiger partial charge in [-0.1, -0.05) is 72.8 Å². The molecule has 0 radical (unpaired) electrons. The van der Waals surface area contributed by atoms with E-state index in [0.29, 0.717) is 5.25 Å². The third-order valence-electron chi connectivity index (χ3n) is 5.22. The van der Waals surface area contributed by atoms with E-state index in [1.165, 1.54) is 16.7 Å². The zero-order valence-corrected chi connectivity index (χ0v) is 16.8. The molecule has 0 spiro atoms. The average molecular weight is 388 g/mol. The molecule has 1 fully saturated rings. The van der Waals surface area contributed by atoms with Gasteiger partial charge in [0.05, 0.1) is 5.25 Å². The van der Waals surface area contributed by atoms with Gasteiger partial charge in [0.25, 0.3) is 5.91 Å². The standard InChI is InChI=1S/C25H25NOS/c27-25(26-17-7-8-18-26)23-15-13-20(14-16-23)19-28-24(21-9-3-1-4-10-21)22-11-5-2-6-12-22/h1-6,9-16,24H,7-8,17-19H2. The van der Waals surface area contributed by atoms with E-state index in [1.807, 2.05) is 28.8 Å². The van der Waals surface area contributed by atoms with Crippen LogP contribution >= 0.6 is 11.8 Å². The molecule has 0 bridgehead atoms. The number of rotatable bonds is 6. The number of carbonyl (C=O) groups excluding carboxylic acids is 1. The molecule has 0 N–H and O–H groups in total. The van der Waals surface area contributed by atoms with Crippen molar-refractivity contribution < 1.29 is 4.79 Å². The van der Waals surface area contributed by atoms with Crippen molar-refractivity contribution in [2.75, 3.05) is 13.1 Å². The fourth-order valence-electron chi connectivity index (χ4n) is 3.67. The minimum atomic E-state index is 0.170. The molecule has 1 aliphatic heterocycles. The molecule has 0 aromatic heterocycles. The molecule has 3 aromatic carbocycles. The molecule has 0 atom stereocenters. The number of benzene rings is 3. The predicted molar refractivity (Wildman–Crippen MR) is 118 cm³/mol. The fourth-order valence-corrected chi connectivity index (χ4v) is 4.92. The molecular weight excluding hydrogens is 362 g/mol. The van der Waals surface area contributed by atoms with Gasteiger partial charge < -0.3 is 4.90 Å². The van der Waals surface area contributed by atoms with Crippen molar-refractivity contribution in [1.29, 1.82) is 0 Å². The second-order valence-electron chi connectivity index (χ2n) is 7.21. The lowest BCUT2D eigenvalue weighted by molar-refractivity contribution is 0.0793. The average Bonchev–Trinajstić information content (AvgIpc) is 3.30. The van der Waals surface area contributed by atoms with Gasteiger partial charge in [-0.2, -0.15) is 0 Å². The first-order valence-corrected chi connectivity index (χ1v) is 11.0. The Morgan fingerprint density at radius 3 is 1.86 bits per heavy atom. The summed E-state index contributed by atoms with van der Waals surface area (Å²) < 4.78 is 0. The second-order valence-corrected chi connectivity index (χ2v) is 8.30. The quantitative estimate of drug-likeness (QED) is 0.521. The van der Waals surface area contributed by atoms with Crippen LogP contribution in [0, 0.1) is 0 Å². The maximum absolute atomic E-state index is 12.5. The first-order chi connectivity index (χ1) is 13.8. The number of thioether (sulfide) groups is 1. The Labute approximate surface area is 171 Å². The van der Waals surface area contributed by atoms with Crippen LogP contribution in [0.2, 0.25) is 0 Å². The predicted octanol–water partition coefficient (Wildman–Crippen LogP) is 5.95. The van der Waals surface area contributed by atoms with Gasteiger partial charge in [0.15, 0.2) is 0 Å². The first kappa shape index (κ1) is 18.8. The lowest BCUT2D eigenvalue weighted by Gasteiger charge is -2.18. The fraction of sp³-hybridized carbons (Fsp3) is 0.240. The summed E-state index contributed by atoms with van der Waals surface area (Å²) in [6.07, 6.45) is 2.25. The molecule has 1 saturated heterocycles. The summed E-state index contributed by atoms with van der Waals surface area (Å²) in [5.41, 5.74) is 4.69. The van der Waals surface area contributed by atoms with Crippen LogP contribution in [-0.4, -0.2) is 23.9 Å². The SMILES string of the molecule is O=C(c1ccc(CSC(c2ccccc2)c2ccccc2)cc1)N1CCCC1. The molecule has 142 valence electrons. The van der Waals surface area contributed by atoms with Crippen molar-refractivity contribution in [1.82, 2.24) is 4.90 Å². The van der Waals surface area contributed by atoms with E-state index < -0.39 is 0 Å². The number of nitrogens with zero attached hydrogens (tertiary/aromatic N) is 1. The smallest absolute Gasteiger partial charge is 0.253 e. The van der Waals surface area contributed by atoms with Crippen molar-refractivity contribution in [3.05, 3.63) is 107 Å². The number of carbonyl (C=O) groups is 1. The van der Waals surface area contributed by atoms with Gasteiger partial charge in [0.1, 0.15) is 0 Å². The lowest BCUT2D eigenvalue weighted by Crippen LogP contribution is -2.27. The van der Waals surface area contributed by atoms with E-state index in [9.17, 15) is 4.79 Å². The molecule has 2 nitrogen and oxygen atoms in total. The topological polar surface area (TPSA) is 20.3 Å². The summed E-state index contributed by atoms with van der Waals surface area (Å²) in [6, 6.07) is 29.5. The molecule has 0 aliphatic carbocycles. The normalized spacial score (nSPS) is 13.8. The Morgan fingerprint density at radius 1 is 0.786 bits per heavy atom. The highest BCUT2D eigenvalue weighted by Gasteiger charge is 2.19. The molecule has 28 heavy (non-hydrogen) atoms. The Bertz CT molecular complexity index is 847. The second kappa shape index (κ2) is 9.11. The van der Waals surface area contributed by atoms with Crippen molar-refractivity contribution in [3.8, 4) is 0 Å². The van der Waals surface area contributed by atoms with Gasteiger partial charge in [-0.15, -0.1) is 11.8 Å². The Balaban J connectivity index is 1.46. The number of likely N-dealkylation sites (tertiary alicyclic amines) is 1. The molecule has 1 amide bonds. The molecule has 4 rings (SSSR count). The van der Waals surface area contributed by atoms with Gasteiger partial charge in [0.2, 0.25) is 0 Å². The molecule has 1 heterocycles.